The standard InChI is InChI=1S/C26H33NO3/c1-2-29-25-13-6-7-14-26(25)30-16-15-24(28)21-17-22-11-8-12-23(18-21)27(22)19-20-9-4-3-5-10-20/h3-7,9-10,13-14,21-23H,2,8,11-12,15-19H2,1H3. The van der Waals surface area contributed by atoms with E-state index in [1.807, 2.05) is 31.2 Å². The summed E-state index contributed by atoms with van der Waals surface area (Å²) in [4.78, 5) is 15.6. The van der Waals surface area contributed by atoms with Gasteiger partial charge in [-0.3, -0.25) is 9.69 Å². The van der Waals surface area contributed by atoms with Crippen LogP contribution in [-0.2, 0) is 11.3 Å². The molecule has 0 amide bonds. The van der Waals surface area contributed by atoms with E-state index in [-0.39, 0.29) is 5.92 Å². The van der Waals surface area contributed by atoms with Gasteiger partial charge >= 0.3 is 0 Å². The minimum atomic E-state index is 0.179. The molecule has 160 valence electrons. The molecule has 4 heteroatoms. The number of piperidine rings is 2. The van der Waals surface area contributed by atoms with Crippen LogP contribution in [-0.4, -0.2) is 36.0 Å². The highest BCUT2D eigenvalue weighted by atomic mass is 16.5. The van der Waals surface area contributed by atoms with E-state index in [1.54, 1.807) is 0 Å². The second-order valence-electron chi connectivity index (χ2n) is 8.51. The summed E-state index contributed by atoms with van der Waals surface area (Å²) in [6.45, 7) is 3.99. The lowest BCUT2D eigenvalue weighted by atomic mass is 9.76. The zero-order valence-electron chi connectivity index (χ0n) is 18.0. The second kappa shape index (κ2) is 10.1. The molecular weight excluding hydrogens is 374 g/mol. The number of benzene rings is 2. The summed E-state index contributed by atoms with van der Waals surface area (Å²) in [6, 6.07) is 19.5. The van der Waals surface area contributed by atoms with Crippen molar-refractivity contribution in [2.24, 2.45) is 5.92 Å². The monoisotopic (exact) mass is 407 g/mol. The number of nitrogens with zero attached hydrogens (tertiary/aromatic N) is 1. The lowest BCUT2D eigenvalue weighted by Crippen LogP contribution is -2.52. The highest BCUT2D eigenvalue weighted by Gasteiger charge is 2.40. The minimum Gasteiger partial charge on any atom is -0.490 e. The van der Waals surface area contributed by atoms with Crippen molar-refractivity contribution < 1.29 is 14.3 Å². The lowest BCUT2D eigenvalue weighted by molar-refractivity contribution is -0.127. The van der Waals surface area contributed by atoms with E-state index >= 15 is 0 Å². The molecule has 2 aromatic carbocycles. The van der Waals surface area contributed by atoms with Gasteiger partial charge in [-0.25, -0.2) is 0 Å². The number of para-hydroxylation sites is 2. The second-order valence-corrected chi connectivity index (χ2v) is 8.51. The van der Waals surface area contributed by atoms with E-state index in [0.717, 1.165) is 30.9 Å². The van der Waals surface area contributed by atoms with Crippen LogP contribution in [0.4, 0.5) is 0 Å². The molecule has 0 aromatic heterocycles. The fourth-order valence-corrected chi connectivity index (χ4v) is 5.10. The van der Waals surface area contributed by atoms with Gasteiger partial charge in [-0.2, -0.15) is 0 Å². The fourth-order valence-electron chi connectivity index (χ4n) is 5.10. The molecule has 2 fully saturated rings. The summed E-state index contributed by atoms with van der Waals surface area (Å²) in [5.41, 5.74) is 1.38. The van der Waals surface area contributed by atoms with Crippen molar-refractivity contribution in [2.45, 2.75) is 64.1 Å². The Morgan fingerprint density at radius 3 is 2.23 bits per heavy atom. The molecule has 2 saturated heterocycles. The summed E-state index contributed by atoms with van der Waals surface area (Å²) >= 11 is 0. The molecule has 2 bridgehead atoms. The van der Waals surface area contributed by atoms with Gasteiger partial charge in [0.25, 0.3) is 0 Å². The smallest absolute Gasteiger partial charge is 0.161 e. The van der Waals surface area contributed by atoms with Crippen molar-refractivity contribution in [3.8, 4) is 11.5 Å². The zero-order chi connectivity index (χ0) is 20.8. The van der Waals surface area contributed by atoms with Crippen molar-refractivity contribution in [1.82, 2.24) is 4.90 Å². The number of carbonyl (C=O) groups excluding carboxylic acids is 1. The average Bonchev–Trinajstić information content (AvgIpc) is 2.75. The Morgan fingerprint density at radius 2 is 1.57 bits per heavy atom. The van der Waals surface area contributed by atoms with Gasteiger partial charge in [0.1, 0.15) is 5.78 Å². The van der Waals surface area contributed by atoms with Gasteiger partial charge in [-0.1, -0.05) is 48.9 Å². The molecule has 4 rings (SSSR count). The molecule has 30 heavy (non-hydrogen) atoms. The molecule has 0 radical (unpaired) electrons. The molecule has 0 spiro atoms. The van der Waals surface area contributed by atoms with Gasteiger partial charge in [0.15, 0.2) is 11.5 Å². The van der Waals surface area contributed by atoms with Gasteiger partial charge < -0.3 is 9.47 Å². The predicted molar refractivity (Wildman–Crippen MR) is 119 cm³/mol. The van der Waals surface area contributed by atoms with Crippen LogP contribution < -0.4 is 9.47 Å². The van der Waals surface area contributed by atoms with Crippen LogP contribution in [0.1, 0.15) is 51.0 Å². The van der Waals surface area contributed by atoms with Gasteiger partial charge in [-0.05, 0) is 50.3 Å². The van der Waals surface area contributed by atoms with Crippen molar-refractivity contribution in [3.63, 3.8) is 0 Å². The highest BCUT2D eigenvalue weighted by Crippen LogP contribution is 2.38. The molecule has 2 aromatic rings. The van der Waals surface area contributed by atoms with Crippen molar-refractivity contribution in [1.29, 1.82) is 0 Å². The molecular formula is C26H33NO3. The Labute approximate surface area is 180 Å². The zero-order valence-corrected chi connectivity index (χ0v) is 18.0. The first-order valence-electron chi connectivity index (χ1n) is 11.4. The quantitative estimate of drug-likeness (QED) is 0.569. The van der Waals surface area contributed by atoms with Crippen LogP contribution in [0.5, 0.6) is 11.5 Å². The summed E-state index contributed by atoms with van der Waals surface area (Å²) in [7, 11) is 0. The number of fused-ring (bicyclic) bond motifs is 2. The third-order valence-electron chi connectivity index (χ3n) is 6.54. The van der Waals surface area contributed by atoms with E-state index in [9.17, 15) is 4.79 Å². The van der Waals surface area contributed by atoms with Crippen LogP contribution in [0.25, 0.3) is 0 Å². The summed E-state index contributed by atoms with van der Waals surface area (Å²) in [5, 5.41) is 0. The van der Waals surface area contributed by atoms with Gasteiger partial charge in [0.2, 0.25) is 0 Å². The maximum atomic E-state index is 13.0. The normalized spacial score (nSPS) is 23.7. The Balaban J connectivity index is 1.31. The van der Waals surface area contributed by atoms with E-state index in [0.29, 0.717) is 37.5 Å². The van der Waals surface area contributed by atoms with Crippen molar-refractivity contribution in [3.05, 3.63) is 60.2 Å². The SMILES string of the molecule is CCOc1ccccc1OCCC(=O)C1CC2CCCC(C1)N2Cc1ccccc1. The molecule has 2 atom stereocenters. The van der Waals surface area contributed by atoms with E-state index in [4.69, 9.17) is 9.47 Å². The largest absolute Gasteiger partial charge is 0.490 e. The molecule has 0 saturated carbocycles. The molecule has 2 aliphatic heterocycles. The first kappa shape index (κ1) is 20.9. The Kier molecular flexibility index (Phi) is 7.06. The number of rotatable bonds is 9. The Hall–Kier alpha value is -2.33. The average molecular weight is 408 g/mol. The van der Waals surface area contributed by atoms with E-state index in [1.165, 1.54) is 24.8 Å². The summed E-state index contributed by atoms with van der Waals surface area (Å²) in [6.07, 6.45) is 6.19. The first-order chi connectivity index (χ1) is 14.7. The number of ether oxygens (including phenoxy) is 2. The third kappa shape index (κ3) is 5.04. The van der Waals surface area contributed by atoms with Gasteiger partial charge in [0.05, 0.1) is 13.2 Å². The van der Waals surface area contributed by atoms with Crippen LogP contribution >= 0.6 is 0 Å². The topological polar surface area (TPSA) is 38.8 Å². The number of Topliss-reactive ketones (excluding diaryl/α,β-unsaturated/α-hetero) is 1. The Bertz CT molecular complexity index is 808. The van der Waals surface area contributed by atoms with Crippen LogP contribution in [0, 0.1) is 5.92 Å². The third-order valence-corrected chi connectivity index (χ3v) is 6.54. The van der Waals surface area contributed by atoms with Gasteiger partial charge in [-0.15, -0.1) is 0 Å². The van der Waals surface area contributed by atoms with Crippen LogP contribution in [0.3, 0.4) is 0 Å². The van der Waals surface area contributed by atoms with E-state index < -0.39 is 0 Å². The highest BCUT2D eigenvalue weighted by molar-refractivity contribution is 5.81. The molecule has 0 N–H and O–H groups in total. The van der Waals surface area contributed by atoms with Crippen LogP contribution in [0.2, 0.25) is 0 Å². The first-order valence-corrected chi connectivity index (χ1v) is 11.4. The number of hydrogen-bond donors (Lipinski definition) is 0. The number of carbonyl (C=O) groups is 1. The molecule has 4 nitrogen and oxygen atoms in total. The number of ketones is 1. The fraction of sp³-hybridized carbons (Fsp3) is 0.500. The Morgan fingerprint density at radius 1 is 0.933 bits per heavy atom. The number of hydrogen-bond acceptors (Lipinski definition) is 4. The molecule has 2 unspecified atom stereocenters. The summed E-state index contributed by atoms with van der Waals surface area (Å²) < 4.78 is 11.5. The minimum absolute atomic E-state index is 0.179. The molecule has 0 aliphatic carbocycles. The molecule has 2 heterocycles. The summed E-state index contributed by atoms with van der Waals surface area (Å²) in [5.74, 6) is 2.01. The predicted octanol–water partition coefficient (Wildman–Crippen LogP) is 5.26. The molecule has 2 aliphatic rings. The lowest BCUT2D eigenvalue weighted by Gasteiger charge is -2.48. The van der Waals surface area contributed by atoms with Crippen molar-refractivity contribution in [2.75, 3.05) is 13.2 Å². The van der Waals surface area contributed by atoms with Crippen molar-refractivity contribution >= 4 is 5.78 Å². The van der Waals surface area contributed by atoms with Crippen LogP contribution in [0.15, 0.2) is 54.6 Å². The van der Waals surface area contributed by atoms with E-state index in [2.05, 4.69) is 35.2 Å². The van der Waals surface area contributed by atoms with Gasteiger partial charge in [0, 0.05) is 31.0 Å². The maximum Gasteiger partial charge on any atom is 0.161 e. The maximum absolute atomic E-state index is 13.0.